The number of aryl methyl sites for hydroxylation is 3. The third-order valence-electron chi connectivity index (χ3n) is 3.32. The third kappa shape index (κ3) is 2.83. The van der Waals surface area contributed by atoms with Crippen molar-refractivity contribution in [2.24, 2.45) is 0 Å². The van der Waals surface area contributed by atoms with Crippen LogP contribution in [0, 0.1) is 6.92 Å². The Balaban J connectivity index is 0.000000704. The van der Waals surface area contributed by atoms with E-state index in [2.05, 4.69) is 33.9 Å². The monoisotopic (exact) mass is 331 g/mol. The van der Waals surface area contributed by atoms with Gasteiger partial charge in [-0.1, -0.05) is 37.6 Å². The fourth-order valence-electron chi connectivity index (χ4n) is 2.42. The molecule has 0 spiro atoms. The second-order valence-corrected chi connectivity index (χ2v) is 5.57. The number of rotatable bonds is 0. The van der Waals surface area contributed by atoms with Crippen LogP contribution >= 0.6 is 15.9 Å². The van der Waals surface area contributed by atoms with Crippen LogP contribution in [0.4, 0.5) is 0 Å². The molecule has 0 fully saturated rings. The van der Waals surface area contributed by atoms with Crippen LogP contribution in [-0.4, -0.2) is 10.8 Å². The van der Waals surface area contributed by atoms with Gasteiger partial charge in [-0.3, -0.25) is 9.78 Å². The van der Waals surface area contributed by atoms with Crippen molar-refractivity contribution in [2.45, 2.75) is 33.6 Å². The van der Waals surface area contributed by atoms with Crippen LogP contribution in [0.15, 0.2) is 34.9 Å². The van der Waals surface area contributed by atoms with Gasteiger partial charge in [0.05, 0.1) is 0 Å². The van der Waals surface area contributed by atoms with Crippen LogP contribution < -0.4 is 0 Å². The number of fused-ring (bicyclic) bond motifs is 2. The highest BCUT2D eigenvalue weighted by Crippen LogP contribution is 2.25. The first-order chi connectivity index (χ1) is 9.65. The molecule has 20 heavy (non-hydrogen) atoms. The lowest BCUT2D eigenvalue weighted by molar-refractivity contribution is 0.103. The summed E-state index contributed by atoms with van der Waals surface area (Å²) in [5.74, 6) is 0.0463. The Labute approximate surface area is 128 Å². The molecule has 0 N–H and O–H groups in total. The zero-order chi connectivity index (χ0) is 14.7. The summed E-state index contributed by atoms with van der Waals surface area (Å²) in [5, 5.41) is 0. The van der Waals surface area contributed by atoms with Gasteiger partial charge < -0.3 is 0 Å². The van der Waals surface area contributed by atoms with Gasteiger partial charge in [0.25, 0.3) is 0 Å². The smallest absolute Gasteiger partial charge is 0.211 e. The Morgan fingerprint density at radius 3 is 2.55 bits per heavy atom. The molecule has 2 nitrogen and oxygen atoms in total. The summed E-state index contributed by atoms with van der Waals surface area (Å²) in [5.41, 5.74) is 4.76. The number of halogens is 1. The number of carbonyl (C=O) groups is 1. The molecule has 1 aromatic heterocycles. The fourth-order valence-corrected chi connectivity index (χ4v) is 2.80. The molecule has 3 heteroatoms. The molecule has 0 radical (unpaired) electrons. The molecule has 0 saturated heterocycles. The minimum absolute atomic E-state index is 0.0463. The molecular formula is C17H18BrNO. The predicted molar refractivity (Wildman–Crippen MR) is 85.3 cm³/mol. The molecular weight excluding hydrogens is 314 g/mol. The van der Waals surface area contributed by atoms with Gasteiger partial charge in [-0.25, -0.2) is 0 Å². The number of nitrogens with zero attached hydrogens (tertiary/aromatic N) is 1. The zero-order valence-electron chi connectivity index (χ0n) is 12.0. The van der Waals surface area contributed by atoms with Crippen molar-refractivity contribution in [3.63, 3.8) is 0 Å². The van der Waals surface area contributed by atoms with Gasteiger partial charge in [-0.05, 0) is 52.9 Å². The first-order valence-corrected chi connectivity index (χ1v) is 7.73. The average molecular weight is 332 g/mol. The average Bonchev–Trinajstić information content (AvgIpc) is 2.59. The van der Waals surface area contributed by atoms with E-state index in [0.29, 0.717) is 5.69 Å². The van der Waals surface area contributed by atoms with Crippen molar-refractivity contribution in [3.05, 3.63) is 62.9 Å². The molecule has 104 valence electrons. The first kappa shape index (κ1) is 14.9. The highest BCUT2D eigenvalue weighted by atomic mass is 79.9. The summed E-state index contributed by atoms with van der Waals surface area (Å²) in [6.45, 7) is 6.05. The lowest BCUT2D eigenvalue weighted by Gasteiger charge is -2.05. The second kappa shape index (κ2) is 6.31. The summed E-state index contributed by atoms with van der Waals surface area (Å²) >= 11 is 3.41. The van der Waals surface area contributed by atoms with Crippen LogP contribution in [0.3, 0.4) is 0 Å². The summed E-state index contributed by atoms with van der Waals surface area (Å²) in [6, 6.07) is 8.01. The van der Waals surface area contributed by atoms with Crippen molar-refractivity contribution in [1.29, 1.82) is 0 Å². The summed E-state index contributed by atoms with van der Waals surface area (Å²) in [6.07, 6.45) is 3.45. The van der Waals surface area contributed by atoms with Gasteiger partial charge in [-0.15, -0.1) is 0 Å². The van der Waals surface area contributed by atoms with Gasteiger partial charge in [-0.2, -0.15) is 0 Å². The van der Waals surface area contributed by atoms with Crippen LogP contribution in [-0.2, 0) is 12.8 Å². The van der Waals surface area contributed by atoms with Crippen LogP contribution in [0.25, 0.3) is 0 Å². The number of aromatic nitrogens is 1. The van der Waals surface area contributed by atoms with Crippen molar-refractivity contribution in [3.8, 4) is 0 Å². The van der Waals surface area contributed by atoms with E-state index in [1.165, 1.54) is 5.56 Å². The number of carbonyl (C=O) groups excluding carboxylic acids is 1. The van der Waals surface area contributed by atoms with E-state index in [0.717, 1.165) is 34.0 Å². The maximum absolute atomic E-state index is 12.5. The SMILES string of the molecule is CC.Cc1ccc2c(c1)CCc1cc(Br)cnc1C2=O. The number of benzene rings is 1. The third-order valence-corrected chi connectivity index (χ3v) is 3.75. The fraction of sp³-hybridized carbons (Fsp3) is 0.294. The number of hydrogen-bond donors (Lipinski definition) is 0. The molecule has 0 atom stereocenters. The Bertz CT molecular complexity index is 594. The molecule has 1 heterocycles. The Morgan fingerprint density at radius 2 is 1.80 bits per heavy atom. The van der Waals surface area contributed by atoms with Gasteiger partial charge >= 0.3 is 0 Å². The van der Waals surface area contributed by atoms with Gasteiger partial charge in [0.15, 0.2) is 0 Å². The molecule has 1 aliphatic carbocycles. The van der Waals surface area contributed by atoms with Crippen molar-refractivity contribution < 1.29 is 4.79 Å². The minimum Gasteiger partial charge on any atom is -0.287 e. The summed E-state index contributed by atoms with van der Waals surface area (Å²) < 4.78 is 0.927. The maximum Gasteiger partial charge on any atom is 0.211 e. The standard InChI is InChI=1S/C15H12BrNO.C2H6/c1-9-2-5-13-10(6-9)3-4-11-7-12(16)8-17-14(11)15(13)18;1-2/h2,5-8H,3-4H2,1H3;1-2H3. The van der Waals surface area contributed by atoms with Crippen LogP contribution in [0.5, 0.6) is 0 Å². The number of hydrogen-bond acceptors (Lipinski definition) is 2. The molecule has 1 aliphatic rings. The zero-order valence-corrected chi connectivity index (χ0v) is 13.6. The second-order valence-electron chi connectivity index (χ2n) is 4.65. The topological polar surface area (TPSA) is 30.0 Å². The molecule has 2 aromatic rings. The van der Waals surface area contributed by atoms with Crippen molar-refractivity contribution in [1.82, 2.24) is 4.98 Å². The van der Waals surface area contributed by atoms with E-state index in [1.807, 2.05) is 32.0 Å². The molecule has 1 aromatic carbocycles. The van der Waals surface area contributed by atoms with E-state index in [1.54, 1.807) is 6.20 Å². The Hall–Kier alpha value is -1.48. The first-order valence-electron chi connectivity index (χ1n) is 6.94. The van der Waals surface area contributed by atoms with Crippen molar-refractivity contribution >= 4 is 21.7 Å². The predicted octanol–water partition coefficient (Wildman–Crippen LogP) is 4.51. The van der Waals surface area contributed by atoms with E-state index in [9.17, 15) is 4.79 Å². The van der Waals surface area contributed by atoms with Gasteiger partial charge in [0, 0.05) is 16.2 Å². The maximum atomic E-state index is 12.5. The van der Waals surface area contributed by atoms with Gasteiger partial charge in [0.2, 0.25) is 5.78 Å². The molecule has 0 amide bonds. The highest BCUT2D eigenvalue weighted by molar-refractivity contribution is 9.10. The Morgan fingerprint density at radius 1 is 1.10 bits per heavy atom. The number of ketones is 1. The van der Waals surface area contributed by atoms with E-state index >= 15 is 0 Å². The van der Waals surface area contributed by atoms with Crippen LogP contribution in [0.2, 0.25) is 0 Å². The van der Waals surface area contributed by atoms with E-state index < -0.39 is 0 Å². The van der Waals surface area contributed by atoms with Crippen molar-refractivity contribution in [2.75, 3.05) is 0 Å². The molecule has 0 saturated carbocycles. The van der Waals surface area contributed by atoms with E-state index in [-0.39, 0.29) is 5.78 Å². The normalized spacial score (nSPS) is 12.7. The largest absolute Gasteiger partial charge is 0.287 e. The lowest BCUT2D eigenvalue weighted by atomic mass is 9.99. The summed E-state index contributed by atoms with van der Waals surface area (Å²) in [7, 11) is 0. The summed E-state index contributed by atoms with van der Waals surface area (Å²) in [4.78, 5) is 16.8. The highest BCUT2D eigenvalue weighted by Gasteiger charge is 2.22. The number of pyridine rings is 1. The minimum atomic E-state index is 0.0463. The Kier molecular flexibility index (Phi) is 4.71. The molecule has 3 rings (SSSR count). The van der Waals surface area contributed by atoms with E-state index in [4.69, 9.17) is 0 Å². The molecule has 0 aliphatic heterocycles. The molecule has 0 bridgehead atoms. The molecule has 0 unspecified atom stereocenters. The lowest BCUT2D eigenvalue weighted by Crippen LogP contribution is -2.06. The quantitative estimate of drug-likeness (QED) is 0.710. The van der Waals surface area contributed by atoms with Gasteiger partial charge in [0.1, 0.15) is 5.69 Å². The van der Waals surface area contributed by atoms with Crippen LogP contribution in [0.1, 0.15) is 46.6 Å².